The van der Waals surface area contributed by atoms with Gasteiger partial charge in [-0.1, -0.05) is 6.07 Å². The van der Waals surface area contributed by atoms with Crippen molar-refractivity contribution in [1.82, 2.24) is 9.38 Å². The molecule has 1 amide bonds. The molecule has 0 aliphatic heterocycles. The summed E-state index contributed by atoms with van der Waals surface area (Å²) >= 11 is 1.44. The fourth-order valence-corrected chi connectivity index (χ4v) is 5.00. The fraction of sp³-hybridized carbons (Fsp3) is 0.333. The molecule has 150 valence electrons. The lowest BCUT2D eigenvalue weighted by Crippen LogP contribution is -2.19. The highest BCUT2D eigenvalue weighted by atomic mass is 32.1. The largest absolute Gasteiger partial charge is 0.455 e. The number of aryl methyl sites for hydroxylation is 2. The molecule has 0 spiro atoms. The van der Waals surface area contributed by atoms with Crippen molar-refractivity contribution in [3.63, 3.8) is 0 Å². The van der Waals surface area contributed by atoms with Crippen LogP contribution in [0, 0.1) is 6.92 Å². The molecule has 0 saturated carbocycles. The number of amides is 1. The van der Waals surface area contributed by atoms with E-state index in [0.29, 0.717) is 21.9 Å². The van der Waals surface area contributed by atoms with E-state index in [9.17, 15) is 14.4 Å². The van der Waals surface area contributed by atoms with E-state index in [1.54, 1.807) is 6.07 Å². The van der Waals surface area contributed by atoms with Gasteiger partial charge in [-0.05, 0) is 50.3 Å². The van der Waals surface area contributed by atoms with E-state index < -0.39 is 5.97 Å². The first kappa shape index (κ1) is 19.3. The van der Waals surface area contributed by atoms with Gasteiger partial charge in [0.25, 0.3) is 5.56 Å². The number of esters is 1. The molecule has 0 unspecified atom stereocenters. The number of carbonyl (C=O) groups excluding carboxylic acids is 2. The third kappa shape index (κ3) is 3.80. The highest BCUT2D eigenvalue weighted by Gasteiger charge is 2.27. The Kier molecular flexibility index (Phi) is 5.19. The van der Waals surface area contributed by atoms with E-state index in [-0.39, 0.29) is 18.1 Å². The van der Waals surface area contributed by atoms with Gasteiger partial charge in [-0.25, -0.2) is 9.78 Å². The predicted octanol–water partition coefficient (Wildman–Crippen LogP) is 3.26. The smallest absolute Gasteiger partial charge is 0.341 e. The summed E-state index contributed by atoms with van der Waals surface area (Å²) in [6.07, 6.45) is 3.78. The summed E-state index contributed by atoms with van der Waals surface area (Å²) in [5.74, 6) is -0.725. The number of nitrogens with one attached hydrogen (secondary N) is 1. The van der Waals surface area contributed by atoms with Gasteiger partial charge in [-0.2, -0.15) is 0 Å². The van der Waals surface area contributed by atoms with Crippen LogP contribution >= 0.6 is 11.3 Å². The topological polar surface area (TPSA) is 89.8 Å². The molecule has 0 aromatic carbocycles. The number of nitrogens with zero attached hydrogens (tertiary/aromatic N) is 2. The summed E-state index contributed by atoms with van der Waals surface area (Å²) in [4.78, 5) is 42.4. The Bertz CT molecular complexity index is 1180. The van der Waals surface area contributed by atoms with Crippen LogP contribution < -0.4 is 10.9 Å². The lowest BCUT2D eigenvalue weighted by atomic mass is 9.95. The minimum atomic E-state index is -0.501. The molecule has 3 heterocycles. The van der Waals surface area contributed by atoms with Crippen molar-refractivity contribution in [3.05, 3.63) is 62.0 Å². The first-order valence-corrected chi connectivity index (χ1v) is 10.3. The molecule has 29 heavy (non-hydrogen) atoms. The standard InChI is InChI=1S/C21H21N3O4S/c1-12-6-5-9-17-23-14(10-18(26)24(12)17)11-28-21(27)19-15-7-3-4-8-16(15)29-20(19)22-13(2)25/h5-6,9-10H,3-4,7-8,11H2,1-2H3,(H,22,25). The van der Waals surface area contributed by atoms with Gasteiger partial charge < -0.3 is 10.1 Å². The van der Waals surface area contributed by atoms with Crippen molar-refractivity contribution in [2.75, 3.05) is 5.32 Å². The van der Waals surface area contributed by atoms with Gasteiger partial charge in [0, 0.05) is 23.6 Å². The van der Waals surface area contributed by atoms with Crippen LogP contribution in [-0.2, 0) is 29.0 Å². The average Bonchev–Trinajstić information content (AvgIpc) is 3.03. The number of hydrogen-bond acceptors (Lipinski definition) is 6. The number of anilines is 1. The number of hydrogen-bond donors (Lipinski definition) is 1. The maximum atomic E-state index is 12.9. The van der Waals surface area contributed by atoms with Gasteiger partial charge in [-0.3, -0.25) is 14.0 Å². The Hall–Kier alpha value is -3.00. The highest BCUT2D eigenvalue weighted by molar-refractivity contribution is 7.17. The summed E-state index contributed by atoms with van der Waals surface area (Å²) in [5.41, 5.74) is 2.87. The second-order valence-electron chi connectivity index (χ2n) is 7.12. The molecular formula is C21H21N3O4S. The molecule has 0 saturated heterocycles. The van der Waals surface area contributed by atoms with E-state index in [2.05, 4.69) is 10.3 Å². The summed E-state index contributed by atoms with van der Waals surface area (Å²) in [6, 6.07) is 6.78. The first-order chi connectivity index (χ1) is 13.9. The highest BCUT2D eigenvalue weighted by Crippen LogP contribution is 2.38. The lowest BCUT2D eigenvalue weighted by Gasteiger charge is -2.13. The van der Waals surface area contributed by atoms with Gasteiger partial charge in [0.2, 0.25) is 5.91 Å². The van der Waals surface area contributed by atoms with Crippen LogP contribution in [0.1, 0.15) is 52.0 Å². The van der Waals surface area contributed by atoms with E-state index in [1.165, 1.54) is 28.7 Å². The molecule has 8 heteroatoms. The summed E-state index contributed by atoms with van der Waals surface area (Å²) in [5, 5.41) is 3.30. The van der Waals surface area contributed by atoms with Crippen LogP contribution in [0.15, 0.2) is 29.1 Å². The molecular weight excluding hydrogens is 390 g/mol. The van der Waals surface area contributed by atoms with Crippen LogP contribution in [0.2, 0.25) is 0 Å². The maximum absolute atomic E-state index is 12.9. The molecule has 7 nitrogen and oxygen atoms in total. The summed E-state index contributed by atoms with van der Waals surface area (Å²) in [6.45, 7) is 3.14. The van der Waals surface area contributed by atoms with Crippen LogP contribution in [0.4, 0.5) is 5.00 Å². The number of pyridine rings is 1. The Morgan fingerprint density at radius 2 is 2.07 bits per heavy atom. The predicted molar refractivity (Wildman–Crippen MR) is 111 cm³/mol. The van der Waals surface area contributed by atoms with Crippen molar-refractivity contribution < 1.29 is 14.3 Å². The van der Waals surface area contributed by atoms with Crippen molar-refractivity contribution >= 4 is 33.9 Å². The van der Waals surface area contributed by atoms with E-state index in [1.807, 2.05) is 19.1 Å². The number of rotatable bonds is 4. The number of carbonyl (C=O) groups is 2. The normalized spacial score (nSPS) is 13.2. The summed E-state index contributed by atoms with van der Waals surface area (Å²) in [7, 11) is 0. The number of fused-ring (bicyclic) bond motifs is 2. The maximum Gasteiger partial charge on any atom is 0.341 e. The zero-order valence-electron chi connectivity index (χ0n) is 16.3. The molecule has 0 atom stereocenters. The molecule has 4 rings (SSSR count). The van der Waals surface area contributed by atoms with E-state index in [0.717, 1.165) is 41.8 Å². The van der Waals surface area contributed by atoms with Crippen molar-refractivity contribution in [3.8, 4) is 0 Å². The molecule has 0 bridgehead atoms. The molecule has 3 aromatic heterocycles. The molecule has 1 aliphatic carbocycles. The molecule has 3 aromatic rings. The second-order valence-corrected chi connectivity index (χ2v) is 8.22. The van der Waals surface area contributed by atoms with Crippen molar-refractivity contribution in [2.24, 2.45) is 0 Å². The van der Waals surface area contributed by atoms with Gasteiger partial charge in [-0.15, -0.1) is 11.3 Å². The molecule has 1 aliphatic rings. The third-order valence-corrected chi connectivity index (χ3v) is 6.16. The number of aromatic nitrogens is 2. The van der Waals surface area contributed by atoms with Gasteiger partial charge >= 0.3 is 5.97 Å². The molecule has 0 radical (unpaired) electrons. The minimum Gasteiger partial charge on any atom is -0.455 e. The SMILES string of the molecule is CC(=O)Nc1sc2c(c1C(=O)OCc1cc(=O)n3c(C)cccc3n1)CCCC2. The van der Waals surface area contributed by atoms with Crippen LogP contribution in [-0.4, -0.2) is 21.3 Å². The molecule has 0 fully saturated rings. The van der Waals surface area contributed by atoms with Gasteiger partial charge in [0.05, 0.1) is 11.3 Å². The summed E-state index contributed by atoms with van der Waals surface area (Å²) < 4.78 is 7.01. The van der Waals surface area contributed by atoms with Gasteiger partial charge in [0.1, 0.15) is 17.3 Å². The number of thiophene rings is 1. The minimum absolute atomic E-state index is 0.108. The average molecular weight is 411 g/mol. The quantitative estimate of drug-likeness (QED) is 0.666. The Labute approximate surface area is 171 Å². The van der Waals surface area contributed by atoms with Crippen molar-refractivity contribution in [1.29, 1.82) is 0 Å². The lowest BCUT2D eigenvalue weighted by molar-refractivity contribution is -0.114. The zero-order chi connectivity index (χ0) is 20.5. The Morgan fingerprint density at radius 1 is 1.28 bits per heavy atom. The monoisotopic (exact) mass is 411 g/mol. The zero-order valence-corrected chi connectivity index (χ0v) is 17.1. The Morgan fingerprint density at radius 3 is 2.86 bits per heavy atom. The van der Waals surface area contributed by atoms with Gasteiger partial charge in [0.15, 0.2) is 0 Å². The fourth-order valence-electron chi connectivity index (χ4n) is 3.68. The third-order valence-electron chi connectivity index (χ3n) is 4.95. The molecule has 1 N–H and O–H groups in total. The van der Waals surface area contributed by atoms with Crippen LogP contribution in [0.25, 0.3) is 5.65 Å². The first-order valence-electron chi connectivity index (χ1n) is 9.51. The van der Waals surface area contributed by atoms with Crippen molar-refractivity contribution in [2.45, 2.75) is 46.1 Å². The second kappa shape index (κ2) is 7.79. The van der Waals surface area contributed by atoms with E-state index in [4.69, 9.17) is 4.74 Å². The van der Waals surface area contributed by atoms with E-state index >= 15 is 0 Å². The van der Waals surface area contributed by atoms with Crippen LogP contribution in [0.3, 0.4) is 0 Å². The van der Waals surface area contributed by atoms with Crippen LogP contribution in [0.5, 0.6) is 0 Å². The number of ether oxygens (including phenoxy) is 1. The Balaban J connectivity index is 1.61.